The number of aryl methyl sites for hydroxylation is 2. The highest BCUT2D eigenvalue weighted by atomic mass is 35.5. The van der Waals surface area contributed by atoms with Crippen LogP contribution in [0.4, 0.5) is 0 Å². The first-order chi connectivity index (χ1) is 9.45. The number of nitrogens with zero attached hydrogens (tertiary/aromatic N) is 3. The molecule has 110 valence electrons. The summed E-state index contributed by atoms with van der Waals surface area (Å²) in [5.41, 5.74) is 0. The van der Waals surface area contributed by atoms with Crippen molar-refractivity contribution in [3.8, 4) is 0 Å². The average Bonchev–Trinajstić information content (AvgIpc) is 3.00. The summed E-state index contributed by atoms with van der Waals surface area (Å²) in [6.07, 6.45) is 4.13. The summed E-state index contributed by atoms with van der Waals surface area (Å²) in [6.45, 7) is 0.245. The van der Waals surface area contributed by atoms with E-state index in [0.29, 0.717) is 22.3 Å². The molecule has 0 unspecified atom stereocenters. The van der Waals surface area contributed by atoms with Crippen LogP contribution in [0.2, 0.25) is 0 Å². The van der Waals surface area contributed by atoms with Crippen molar-refractivity contribution in [3.63, 3.8) is 0 Å². The first kappa shape index (κ1) is 15.5. The Kier molecular flexibility index (Phi) is 4.85. The van der Waals surface area contributed by atoms with Crippen molar-refractivity contribution in [3.05, 3.63) is 35.2 Å². The average molecular weight is 334 g/mol. The van der Waals surface area contributed by atoms with Crippen molar-refractivity contribution in [1.82, 2.24) is 13.9 Å². The second kappa shape index (κ2) is 6.26. The molecule has 0 fully saturated rings. The van der Waals surface area contributed by atoms with Gasteiger partial charge in [-0.2, -0.15) is 4.31 Å². The summed E-state index contributed by atoms with van der Waals surface area (Å²) >= 11 is 6.94. The third-order valence-corrected chi connectivity index (χ3v) is 6.53. The number of aromatic nitrogens is 2. The number of thiophene rings is 1. The topological polar surface area (TPSA) is 55.2 Å². The minimum Gasteiger partial charge on any atom is -0.337 e. The molecule has 0 spiro atoms. The molecule has 2 rings (SSSR count). The van der Waals surface area contributed by atoms with Crippen molar-refractivity contribution in [2.24, 2.45) is 7.05 Å². The van der Waals surface area contributed by atoms with Crippen LogP contribution in [0, 0.1) is 0 Å². The molecule has 8 heteroatoms. The van der Waals surface area contributed by atoms with Crippen LogP contribution in [0.1, 0.15) is 10.7 Å². The smallest absolute Gasteiger partial charge is 0.252 e. The molecule has 0 atom stereocenters. The second-order valence-electron chi connectivity index (χ2n) is 4.38. The molecule has 0 aliphatic heterocycles. The standard InChI is InChI=1S/C12H16ClN3O2S2/c1-15-8-7-14-11(15)9-16(2)20(17,18)12-4-3-10(19-12)5-6-13/h3-4,7-8H,5-6,9H2,1-2H3. The first-order valence-corrected chi connectivity index (χ1v) is 8.81. The van der Waals surface area contributed by atoms with Crippen LogP contribution in [-0.4, -0.2) is 35.2 Å². The maximum Gasteiger partial charge on any atom is 0.252 e. The second-order valence-corrected chi connectivity index (χ2v) is 8.19. The van der Waals surface area contributed by atoms with Gasteiger partial charge in [0, 0.05) is 37.2 Å². The SMILES string of the molecule is CN(Cc1nccn1C)S(=O)(=O)c1ccc(CCCl)s1. The fourth-order valence-electron chi connectivity index (χ4n) is 1.71. The van der Waals surface area contributed by atoms with Gasteiger partial charge in [-0.05, 0) is 18.6 Å². The van der Waals surface area contributed by atoms with Crippen molar-refractivity contribution in [2.75, 3.05) is 12.9 Å². The van der Waals surface area contributed by atoms with Gasteiger partial charge in [-0.1, -0.05) is 0 Å². The number of hydrogen-bond acceptors (Lipinski definition) is 4. The Labute approximate surface area is 127 Å². The van der Waals surface area contributed by atoms with E-state index in [1.165, 1.54) is 15.6 Å². The molecule has 2 aromatic heterocycles. The van der Waals surface area contributed by atoms with E-state index in [0.717, 1.165) is 4.88 Å². The fraction of sp³-hybridized carbons (Fsp3) is 0.417. The number of halogens is 1. The predicted octanol–water partition coefficient (Wildman–Crippen LogP) is 2.08. The molecule has 0 aromatic carbocycles. The van der Waals surface area contributed by atoms with Crippen molar-refractivity contribution in [2.45, 2.75) is 17.2 Å². The van der Waals surface area contributed by atoms with Crippen LogP contribution < -0.4 is 0 Å². The van der Waals surface area contributed by atoms with Gasteiger partial charge in [-0.3, -0.25) is 0 Å². The Morgan fingerprint density at radius 1 is 1.45 bits per heavy atom. The molecule has 2 heterocycles. The third-order valence-electron chi connectivity index (χ3n) is 2.93. The molecular weight excluding hydrogens is 318 g/mol. The summed E-state index contributed by atoms with van der Waals surface area (Å²) < 4.78 is 28.4. The maximum absolute atomic E-state index is 12.5. The molecule has 0 aliphatic carbocycles. The monoisotopic (exact) mass is 333 g/mol. The van der Waals surface area contributed by atoms with E-state index in [1.54, 1.807) is 30.1 Å². The molecule has 0 radical (unpaired) electrons. The van der Waals surface area contributed by atoms with Crippen LogP contribution in [0.3, 0.4) is 0 Å². The van der Waals surface area contributed by atoms with Gasteiger partial charge in [-0.15, -0.1) is 22.9 Å². The zero-order chi connectivity index (χ0) is 14.8. The predicted molar refractivity (Wildman–Crippen MR) is 80.6 cm³/mol. The van der Waals surface area contributed by atoms with Gasteiger partial charge in [0.1, 0.15) is 10.0 Å². The van der Waals surface area contributed by atoms with Gasteiger partial charge >= 0.3 is 0 Å². The van der Waals surface area contributed by atoms with E-state index < -0.39 is 10.0 Å². The molecule has 0 saturated heterocycles. The van der Waals surface area contributed by atoms with E-state index in [9.17, 15) is 8.42 Å². The van der Waals surface area contributed by atoms with Crippen molar-refractivity contribution in [1.29, 1.82) is 0 Å². The van der Waals surface area contributed by atoms with Crippen LogP contribution in [0.15, 0.2) is 28.7 Å². The fourth-order valence-corrected chi connectivity index (χ4v) is 4.72. The number of sulfonamides is 1. The zero-order valence-electron chi connectivity index (χ0n) is 11.3. The lowest BCUT2D eigenvalue weighted by molar-refractivity contribution is 0.453. The summed E-state index contributed by atoms with van der Waals surface area (Å²) in [7, 11) is -0.0736. The quantitative estimate of drug-likeness (QED) is 0.761. The first-order valence-electron chi connectivity index (χ1n) is 6.02. The maximum atomic E-state index is 12.5. The number of alkyl halides is 1. The third kappa shape index (κ3) is 3.22. The molecule has 2 aromatic rings. The summed E-state index contributed by atoms with van der Waals surface area (Å²) in [5, 5.41) is 0. The van der Waals surface area contributed by atoms with Gasteiger partial charge in [0.25, 0.3) is 10.0 Å². The molecule has 0 bridgehead atoms. The molecule has 20 heavy (non-hydrogen) atoms. The summed E-state index contributed by atoms with van der Waals surface area (Å²) in [6, 6.07) is 3.45. The highest BCUT2D eigenvalue weighted by molar-refractivity contribution is 7.91. The minimum atomic E-state index is -3.47. The Balaban J connectivity index is 2.18. The number of imidazole rings is 1. The van der Waals surface area contributed by atoms with Crippen LogP contribution in [-0.2, 0) is 30.0 Å². The summed E-state index contributed by atoms with van der Waals surface area (Å²) in [4.78, 5) is 5.12. The lowest BCUT2D eigenvalue weighted by atomic mass is 10.4. The zero-order valence-corrected chi connectivity index (χ0v) is 13.7. The van der Waals surface area contributed by atoms with Crippen LogP contribution in [0.25, 0.3) is 0 Å². The molecule has 0 amide bonds. The molecule has 0 aliphatic rings. The molecule has 0 N–H and O–H groups in total. The Bertz CT molecular complexity index is 678. The number of hydrogen-bond donors (Lipinski definition) is 0. The van der Waals surface area contributed by atoms with Gasteiger partial charge in [0.05, 0.1) is 6.54 Å². The highest BCUT2D eigenvalue weighted by Gasteiger charge is 2.23. The van der Waals surface area contributed by atoms with Crippen molar-refractivity contribution >= 4 is 33.0 Å². The van der Waals surface area contributed by atoms with Gasteiger partial charge in [-0.25, -0.2) is 13.4 Å². The Hall–Kier alpha value is -0.890. The van der Waals surface area contributed by atoms with Gasteiger partial charge in [0.15, 0.2) is 0 Å². The van der Waals surface area contributed by atoms with E-state index in [4.69, 9.17) is 11.6 Å². The summed E-state index contributed by atoms with van der Waals surface area (Å²) in [5.74, 6) is 1.19. The van der Waals surface area contributed by atoms with E-state index in [1.807, 2.05) is 13.1 Å². The Morgan fingerprint density at radius 2 is 2.20 bits per heavy atom. The molecule has 5 nitrogen and oxygen atoms in total. The van der Waals surface area contributed by atoms with E-state index in [2.05, 4.69) is 4.98 Å². The normalized spacial score (nSPS) is 12.2. The highest BCUT2D eigenvalue weighted by Crippen LogP contribution is 2.25. The number of rotatable bonds is 6. The van der Waals surface area contributed by atoms with Crippen LogP contribution >= 0.6 is 22.9 Å². The van der Waals surface area contributed by atoms with E-state index in [-0.39, 0.29) is 6.54 Å². The van der Waals surface area contributed by atoms with Crippen molar-refractivity contribution < 1.29 is 8.42 Å². The lowest BCUT2D eigenvalue weighted by Crippen LogP contribution is -2.27. The lowest BCUT2D eigenvalue weighted by Gasteiger charge is -2.15. The van der Waals surface area contributed by atoms with Gasteiger partial charge < -0.3 is 4.57 Å². The minimum absolute atomic E-state index is 0.245. The molecule has 0 saturated carbocycles. The van der Waals surface area contributed by atoms with Gasteiger partial charge in [0.2, 0.25) is 0 Å². The Morgan fingerprint density at radius 3 is 2.80 bits per heavy atom. The largest absolute Gasteiger partial charge is 0.337 e. The molecular formula is C12H16ClN3O2S2. The van der Waals surface area contributed by atoms with Crippen LogP contribution in [0.5, 0.6) is 0 Å². The van der Waals surface area contributed by atoms with E-state index >= 15 is 0 Å².